The highest BCUT2D eigenvalue weighted by molar-refractivity contribution is 6.07. The predicted molar refractivity (Wildman–Crippen MR) is 64.7 cm³/mol. The van der Waals surface area contributed by atoms with Gasteiger partial charge in [-0.2, -0.15) is 0 Å². The van der Waals surface area contributed by atoms with Crippen LogP contribution < -0.4 is 0 Å². The third kappa shape index (κ3) is 3.02. The van der Waals surface area contributed by atoms with E-state index in [0.29, 0.717) is 17.0 Å². The number of ketones is 2. The van der Waals surface area contributed by atoms with Gasteiger partial charge >= 0.3 is 0 Å². The van der Waals surface area contributed by atoms with E-state index < -0.39 is 0 Å². The van der Waals surface area contributed by atoms with Gasteiger partial charge in [-0.25, -0.2) is 0 Å². The van der Waals surface area contributed by atoms with Crippen LogP contribution in [-0.2, 0) is 6.42 Å². The molecule has 0 aliphatic rings. The highest BCUT2D eigenvalue weighted by Gasteiger charge is 2.12. The first-order chi connectivity index (χ1) is 7.41. The summed E-state index contributed by atoms with van der Waals surface area (Å²) in [5, 5.41) is 0. The molecule has 0 fully saturated rings. The van der Waals surface area contributed by atoms with Gasteiger partial charge in [0.05, 0.1) is 0 Å². The maximum Gasteiger partial charge on any atom is 0.160 e. The second-order valence-corrected chi connectivity index (χ2v) is 4.30. The smallest absolute Gasteiger partial charge is 0.160 e. The Morgan fingerprint density at radius 2 is 1.75 bits per heavy atom. The van der Waals surface area contributed by atoms with Gasteiger partial charge in [-0.15, -0.1) is 0 Å². The summed E-state index contributed by atoms with van der Waals surface area (Å²) in [5.74, 6) is 0.158. The SMILES string of the molecule is [CH2]C(C)Cc1ccc(C(C)=O)c(C(C)=O)c1. The van der Waals surface area contributed by atoms with E-state index in [-0.39, 0.29) is 11.6 Å². The number of carbonyl (C=O) groups excluding carboxylic acids is 2. The molecule has 0 aromatic heterocycles. The van der Waals surface area contributed by atoms with Crippen molar-refractivity contribution < 1.29 is 9.59 Å². The van der Waals surface area contributed by atoms with Gasteiger partial charge in [-0.1, -0.05) is 26.0 Å². The zero-order valence-corrected chi connectivity index (χ0v) is 10.0. The van der Waals surface area contributed by atoms with E-state index >= 15 is 0 Å². The molecule has 1 atom stereocenters. The molecule has 1 radical (unpaired) electrons. The first-order valence-corrected chi connectivity index (χ1v) is 5.39. The molecule has 1 rings (SSSR count). The summed E-state index contributed by atoms with van der Waals surface area (Å²) in [6, 6.07) is 5.43. The number of benzene rings is 1. The minimum absolute atomic E-state index is 0.0660. The molecule has 0 heterocycles. The van der Waals surface area contributed by atoms with Crippen LogP contribution in [0.2, 0.25) is 0 Å². The highest BCUT2D eigenvalue weighted by Crippen LogP contribution is 2.16. The van der Waals surface area contributed by atoms with Crippen molar-refractivity contribution >= 4 is 11.6 Å². The fourth-order valence-corrected chi connectivity index (χ4v) is 1.72. The number of hydrogen-bond donors (Lipinski definition) is 0. The average Bonchev–Trinajstić information content (AvgIpc) is 2.16. The van der Waals surface area contributed by atoms with E-state index in [1.807, 2.05) is 13.0 Å². The summed E-state index contributed by atoms with van der Waals surface area (Å²) < 4.78 is 0. The Hall–Kier alpha value is -1.44. The van der Waals surface area contributed by atoms with Crippen molar-refractivity contribution in [3.05, 3.63) is 41.8 Å². The lowest BCUT2D eigenvalue weighted by Crippen LogP contribution is -2.06. The molecule has 2 heteroatoms. The highest BCUT2D eigenvalue weighted by atomic mass is 16.1. The zero-order chi connectivity index (χ0) is 12.3. The number of hydrogen-bond acceptors (Lipinski definition) is 2. The molecule has 0 aliphatic carbocycles. The van der Waals surface area contributed by atoms with Crippen molar-refractivity contribution in [2.75, 3.05) is 0 Å². The standard InChI is InChI=1S/C14H17O2/c1-9(2)7-12-5-6-13(10(3)15)14(8-12)11(4)16/h5-6,8-9H,1,7H2,2-4H3. The van der Waals surface area contributed by atoms with E-state index in [2.05, 4.69) is 6.92 Å². The topological polar surface area (TPSA) is 34.1 Å². The van der Waals surface area contributed by atoms with E-state index in [1.165, 1.54) is 13.8 Å². The molecule has 0 saturated heterocycles. The Morgan fingerprint density at radius 3 is 2.19 bits per heavy atom. The second kappa shape index (κ2) is 5.06. The summed E-state index contributed by atoms with van der Waals surface area (Å²) >= 11 is 0. The van der Waals surface area contributed by atoms with Crippen molar-refractivity contribution in [1.29, 1.82) is 0 Å². The molecule has 1 aromatic carbocycles. The van der Waals surface area contributed by atoms with Crippen LogP contribution in [0.3, 0.4) is 0 Å². The molecule has 0 aliphatic heterocycles. The summed E-state index contributed by atoms with van der Waals surface area (Å²) in [4.78, 5) is 22.8. The summed E-state index contributed by atoms with van der Waals surface area (Å²) in [5.41, 5.74) is 2.08. The summed E-state index contributed by atoms with van der Waals surface area (Å²) in [7, 11) is 0. The minimum Gasteiger partial charge on any atom is -0.294 e. The monoisotopic (exact) mass is 217 g/mol. The van der Waals surface area contributed by atoms with Gasteiger partial charge in [0.1, 0.15) is 0 Å². The Labute approximate surface area is 96.7 Å². The lowest BCUT2D eigenvalue weighted by atomic mass is 9.95. The van der Waals surface area contributed by atoms with Gasteiger partial charge in [0, 0.05) is 11.1 Å². The van der Waals surface area contributed by atoms with Crippen LogP contribution in [-0.4, -0.2) is 11.6 Å². The van der Waals surface area contributed by atoms with Crippen molar-refractivity contribution in [1.82, 2.24) is 0 Å². The third-order valence-corrected chi connectivity index (χ3v) is 2.43. The fraction of sp³-hybridized carbons (Fsp3) is 0.357. The fourth-order valence-electron chi connectivity index (χ4n) is 1.72. The summed E-state index contributed by atoms with van der Waals surface area (Å²) in [6.45, 7) is 8.90. The lowest BCUT2D eigenvalue weighted by Gasteiger charge is -2.09. The van der Waals surface area contributed by atoms with Gasteiger partial charge in [-0.3, -0.25) is 9.59 Å². The van der Waals surface area contributed by atoms with Crippen LogP contribution in [0.4, 0.5) is 0 Å². The zero-order valence-electron chi connectivity index (χ0n) is 10.0. The van der Waals surface area contributed by atoms with Gasteiger partial charge in [0.2, 0.25) is 0 Å². The number of carbonyl (C=O) groups is 2. The van der Waals surface area contributed by atoms with Crippen LogP contribution in [0.15, 0.2) is 18.2 Å². The Morgan fingerprint density at radius 1 is 1.19 bits per heavy atom. The first-order valence-electron chi connectivity index (χ1n) is 5.39. The Balaban J connectivity index is 3.17. The molecule has 1 unspecified atom stereocenters. The summed E-state index contributed by atoms with van der Waals surface area (Å²) in [6.07, 6.45) is 0.818. The van der Waals surface area contributed by atoms with Crippen LogP contribution in [0, 0.1) is 12.8 Å². The maximum atomic E-state index is 11.4. The molecule has 0 bridgehead atoms. The predicted octanol–water partition coefficient (Wildman–Crippen LogP) is 3.10. The molecule has 0 saturated carbocycles. The van der Waals surface area contributed by atoms with Gasteiger partial charge < -0.3 is 0 Å². The first kappa shape index (κ1) is 12.6. The van der Waals surface area contributed by atoms with Crippen molar-refractivity contribution in [3.63, 3.8) is 0 Å². The number of rotatable bonds is 4. The lowest BCUT2D eigenvalue weighted by molar-refractivity contribution is 0.0980. The maximum absolute atomic E-state index is 11.4. The largest absolute Gasteiger partial charge is 0.294 e. The van der Waals surface area contributed by atoms with E-state index in [9.17, 15) is 9.59 Å². The van der Waals surface area contributed by atoms with Crippen molar-refractivity contribution in [2.24, 2.45) is 5.92 Å². The minimum atomic E-state index is -0.0700. The van der Waals surface area contributed by atoms with Crippen LogP contribution in [0.1, 0.15) is 47.1 Å². The Kier molecular flexibility index (Phi) is 3.99. The molecular formula is C14H17O2. The molecule has 0 N–H and O–H groups in total. The molecular weight excluding hydrogens is 200 g/mol. The van der Waals surface area contributed by atoms with E-state index in [4.69, 9.17) is 0 Å². The van der Waals surface area contributed by atoms with Crippen molar-refractivity contribution in [2.45, 2.75) is 27.2 Å². The normalized spacial score (nSPS) is 10.6. The molecule has 2 nitrogen and oxygen atoms in total. The molecule has 85 valence electrons. The van der Waals surface area contributed by atoms with Gasteiger partial charge in [-0.05, 0) is 37.8 Å². The molecule has 16 heavy (non-hydrogen) atoms. The molecule has 0 amide bonds. The quantitative estimate of drug-likeness (QED) is 0.726. The van der Waals surface area contributed by atoms with Crippen molar-refractivity contribution in [3.8, 4) is 0 Å². The average molecular weight is 217 g/mol. The second-order valence-electron chi connectivity index (χ2n) is 4.30. The molecule has 0 spiro atoms. The third-order valence-electron chi connectivity index (χ3n) is 2.43. The van der Waals surface area contributed by atoms with Crippen LogP contribution >= 0.6 is 0 Å². The Bertz CT molecular complexity index is 417. The van der Waals surface area contributed by atoms with Gasteiger partial charge in [0.25, 0.3) is 0 Å². The van der Waals surface area contributed by atoms with E-state index in [1.54, 1.807) is 12.1 Å². The van der Waals surface area contributed by atoms with Crippen LogP contribution in [0.5, 0.6) is 0 Å². The van der Waals surface area contributed by atoms with Crippen LogP contribution in [0.25, 0.3) is 0 Å². The van der Waals surface area contributed by atoms with E-state index in [0.717, 1.165) is 12.0 Å². The molecule has 1 aromatic rings. The van der Waals surface area contributed by atoms with Gasteiger partial charge in [0.15, 0.2) is 11.6 Å². The number of Topliss-reactive ketones (excluding diaryl/α,β-unsaturated/α-hetero) is 2.